The Kier molecular flexibility index (Phi) is 3.69. The van der Waals surface area contributed by atoms with Gasteiger partial charge in [0.1, 0.15) is 5.75 Å². The van der Waals surface area contributed by atoms with Gasteiger partial charge in [-0.25, -0.2) is 0 Å². The molecule has 4 heteroatoms. The van der Waals surface area contributed by atoms with E-state index in [1.54, 1.807) is 13.2 Å². The maximum atomic E-state index is 9.58. The highest BCUT2D eigenvalue weighted by atomic mass is 35.5. The molecule has 2 atom stereocenters. The van der Waals surface area contributed by atoms with Gasteiger partial charge in [-0.2, -0.15) is 0 Å². The highest BCUT2D eigenvalue weighted by molar-refractivity contribution is 6.31. The molecule has 0 saturated carbocycles. The molecule has 1 aliphatic rings. The van der Waals surface area contributed by atoms with Crippen molar-refractivity contribution in [2.24, 2.45) is 0 Å². The Balaban J connectivity index is 2.19. The van der Waals surface area contributed by atoms with Crippen LogP contribution in [-0.2, 0) is 4.74 Å². The van der Waals surface area contributed by atoms with Gasteiger partial charge in [0, 0.05) is 13.0 Å². The van der Waals surface area contributed by atoms with Gasteiger partial charge in [0.2, 0.25) is 0 Å². The molecule has 2 unspecified atom stereocenters. The summed E-state index contributed by atoms with van der Waals surface area (Å²) in [6.45, 7) is 0.578. The van der Waals surface area contributed by atoms with Crippen LogP contribution in [-0.4, -0.2) is 24.9 Å². The van der Waals surface area contributed by atoms with Crippen LogP contribution in [0.25, 0.3) is 0 Å². The molecule has 1 heterocycles. The Morgan fingerprint density at radius 1 is 1.50 bits per heavy atom. The summed E-state index contributed by atoms with van der Waals surface area (Å²) >= 11 is 6.15. The first-order valence-corrected chi connectivity index (χ1v) is 5.71. The van der Waals surface area contributed by atoms with Gasteiger partial charge < -0.3 is 14.6 Å². The van der Waals surface area contributed by atoms with Gasteiger partial charge in [-0.15, -0.1) is 0 Å². The lowest BCUT2D eigenvalue weighted by Crippen LogP contribution is -2.23. The lowest BCUT2D eigenvalue weighted by molar-refractivity contribution is -0.0447. The Bertz CT molecular complexity index is 367. The van der Waals surface area contributed by atoms with Gasteiger partial charge >= 0.3 is 0 Å². The Hall–Kier alpha value is -0.770. The van der Waals surface area contributed by atoms with Gasteiger partial charge in [0.05, 0.1) is 24.3 Å². The van der Waals surface area contributed by atoms with Crippen molar-refractivity contribution in [3.05, 3.63) is 28.8 Å². The highest BCUT2D eigenvalue weighted by Gasteiger charge is 2.24. The third kappa shape index (κ3) is 2.48. The average molecular weight is 243 g/mol. The first kappa shape index (κ1) is 11.7. The van der Waals surface area contributed by atoms with Crippen LogP contribution in [0.1, 0.15) is 24.5 Å². The molecule has 1 aromatic carbocycles. The summed E-state index contributed by atoms with van der Waals surface area (Å²) in [6, 6.07) is 5.51. The summed E-state index contributed by atoms with van der Waals surface area (Å²) < 4.78 is 10.7. The smallest absolute Gasteiger partial charge is 0.120 e. The average Bonchev–Trinajstić information content (AvgIpc) is 2.28. The zero-order chi connectivity index (χ0) is 11.5. The molecule has 0 amide bonds. The van der Waals surface area contributed by atoms with E-state index in [9.17, 15) is 5.11 Å². The van der Waals surface area contributed by atoms with Crippen LogP contribution in [0.3, 0.4) is 0 Å². The molecular formula is C12H15ClO3. The van der Waals surface area contributed by atoms with Crippen LogP contribution in [0.15, 0.2) is 18.2 Å². The van der Waals surface area contributed by atoms with Gasteiger partial charge in [-0.3, -0.25) is 0 Å². The fourth-order valence-electron chi connectivity index (χ4n) is 1.89. The van der Waals surface area contributed by atoms with E-state index in [-0.39, 0.29) is 12.2 Å². The molecule has 1 fully saturated rings. The van der Waals surface area contributed by atoms with E-state index >= 15 is 0 Å². The van der Waals surface area contributed by atoms with Gasteiger partial charge in [-0.1, -0.05) is 17.7 Å². The molecule has 0 spiro atoms. The first-order chi connectivity index (χ1) is 7.70. The number of aliphatic hydroxyl groups excluding tert-OH is 1. The van der Waals surface area contributed by atoms with Crippen molar-refractivity contribution in [1.29, 1.82) is 0 Å². The van der Waals surface area contributed by atoms with Crippen molar-refractivity contribution in [2.45, 2.75) is 25.0 Å². The summed E-state index contributed by atoms with van der Waals surface area (Å²) in [5.74, 6) is 0.727. The van der Waals surface area contributed by atoms with E-state index in [2.05, 4.69) is 0 Å². The zero-order valence-electron chi connectivity index (χ0n) is 9.15. The van der Waals surface area contributed by atoms with Crippen LogP contribution in [0.4, 0.5) is 0 Å². The highest BCUT2D eigenvalue weighted by Crippen LogP contribution is 2.34. The zero-order valence-corrected chi connectivity index (χ0v) is 9.91. The Labute approximate surface area is 99.9 Å². The van der Waals surface area contributed by atoms with E-state index in [1.807, 2.05) is 12.1 Å². The largest absolute Gasteiger partial charge is 0.497 e. The van der Waals surface area contributed by atoms with Crippen LogP contribution >= 0.6 is 11.6 Å². The number of aliphatic hydroxyl groups is 1. The van der Waals surface area contributed by atoms with Crippen LogP contribution in [0.2, 0.25) is 5.02 Å². The van der Waals surface area contributed by atoms with Gasteiger partial charge in [0.15, 0.2) is 0 Å². The molecule has 16 heavy (non-hydrogen) atoms. The van der Waals surface area contributed by atoms with Crippen LogP contribution in [0, 0.1) is 0 Å². The molecule has 0 bridgehead atoms. The van der Waals surface area contributed by atoms with Gasteiger partial charge in [-0.05, 0) is 24.1 Å². The molecule has 1 saturated heterocycles. The summed E-state index contributed by atoms with van der Waals surface area (Å²) in [6.07, 6.45) is 0.898. The minimum absolute atomic E-state index is 0.109. The maximum absolute atomic E-state index is 9.58. The van der Waals surface area contributed by atoms with Crippen molar-refractivity contribution in [3.63, 3.8) is 0 Å². The summed E-state index contributed by atoms with van der Waals surface area (Å²) in [5.41, 5.74) is 0.918. The number of halogens is 1. The second-order valence-corrected chi connectivity index (χ2v) is 4.33. The molecule has 0 aromatic heterocycles. The fraction of sp³-hybridized carbons (Fsp3) is 0.500. The lowest BCUT2D eigenvalue weighted by Gasteiger charge is -2.27. The molecule has 2 rings (SSSR count). The van der Waals surface area contributed by atoms with Crippen molar-refractivity contribution in [1.82, 2.24) is 0 Å². The Morgan fingerprint density at radius 2 is 2.31 bits per heavy atom. The standard InChI is InChI=1S/C12H15ClO3/c1-15-9-2-3-10(11(13)7-9)12-6-8(14)4-5-16-12/h2-3,7-8,12,14H,4-6H2,1H3. The molecule has 1 aliphatic heterocycles. The fourth-order valence-corrected chi connectivity index (χ4v) is 2.18. The SMILES string of the molecule is COc1ccc(C2CC(O)CCO2)c(Cl)c1. The van der Waals surface area contributed by atoms with Crippen LogP contribution < -0.4 is 4.74 Å². The molecule has 88 valence electrons. The third-order valence-electron chi connectivity index (χ3n) is 2.81. The molecule has 1 N–H and O–H groups in total. The lowest BCUT2D eigenvalue weighted by atomic mass is 9.99. The van der Waals surface area contributed by atoms with E-state index < -0.39 is 0 Å². The normalized spacial score (nSPS) is 25.4. The third-order valence-corrected chi connectivity index (χ3v) is 3.14. The number of ether oxygens (including phenoxy) is 2. The topological polar surface area (TPSA) is 38.7 Å². The van der Waals surface area contributed by atoms with E-state index in [0.29, 0.717) is 24.5 Å². The molecule has 0 aliphatic carbocycles. The monoisotopic (exact) mass is 242 g/mol. The minimum Gasteiger partial charge on any atom is -0.497 e. The number of hydrogen-bond acceptors (Lipinski definition) is 3. The van der Waals surface area contributed by atoms with E-state index in [4.69, 9.17) is 21.1 Å². The molecule has 0 radical (unpaired) electrons. The van der Waals surface area contributed by atoms with Crippen molar-refractivity contribution >= 4 is 11.6 Å². The van der Waals surface area contributed by atoms with E-state index in [0.717, 1.165) is 11.3 Å². The van der Waals surface area contributed by atoms with Crippen molar-refractivity contribution in [3.8, 4) is 5.75 Å². The second kappa shape index (κ2) is 5.04. The summed E-state index contributed by atoms with van der Waals surface area (Å²) in [4.78, 5) is 0. The van der Waals surface area contributed by atoms with Crippen molar-refractivity contribution in [2.75, 3.05) is 13.7 Å². The quantitative estimate of drug-likeness (QED) is 0.866. The predicted molar refractivity (Wildman–Crippen MR) is 61.9 cm³/mol. The summed E-state index contributed by atoms with van der Waals surface area (Å²) in [7, 11) is 1.60. The molecule has 1 aromatic rings. The number of rotatable bonds is 2. The number of methoxy groups -OCH3 is 1. The molecule has 3 nitrogen and oxygen atoms in total. The summed E-state index contributed by atoms with van der Waals surface area (Å²) in [5, 5.41) is 10.2. The second-order valence-electron chi connectivity index (χ2n) is 3.93. The molecular weight excluding hydrogens is 228 g/mol. The van der Waals surface area contributed by atoms with Crippen molar-refractivity contribution < 1.29 is 14.6 Å². The number of hydrogen-bond donors (Lipinski definition) is 1. The van der Waals surface area contributed by atoms with Crippen LogP contribution in [0.5, 0.6) is 5.75 Å². The predicted octanol–water partition coefficient (Wildman–Crippen LogP) is 2.56. The number of benzene rings is 1. The first-order valence-electron chi connectivity index (χ1n) is 5.34. The van der Waals surface area contributed by atoms with E-state index in [1.165, 1.54) is 0 Å². The minimum atomic E-state index is -0.295. The Morgan fingerprint density at radius 3 is 2.94 bits per heavy atom. The maximum Gasteiger partial charge on any atom is 0.120 e. The van der Waals surface area contributed by atoms with Gasteiger partial charge in [0.25, 0.3) is 0 Å².